The van der Waals surface area contributed by atoms with Gasteiger partial charge in [-0.3, -0.25) is 9.97 Å². The van der Waals surface area contributed by atoms with Gasteiger partial charge in [-0.2, -0.15) is 5.43 Å². The minimum atomic E-state index is -0.720. The van der Waals surface area contributed by atoms with Crippen molar-refractivity contribution in [2.45, 2.75) is 51.5 Å². The van der Waals surface area contributed by atoms with Crippen molar-refractivity contribution in [1.29, 1.82) is 0 Å². The average molecular weight is 261 g/mol. The molecule has 0 fully saturated rings. The largest absolute Gasteiger partial charge is 0.613 e. The quantitative estimate of drug-likeness (QED) is 0.333. The molecule has 0 aliphatic carbocycles. The first kappa shape index (κ1) is 17.3. The van der Waals surface area contributed by atoms with E-state index in [9.17, 15) is 10.0 Å². The Bertz CT molecular complexity index is 215. The summed E-state index contributed by atoms with van der Waals surface area (Å²) in [7, 11) is 1.47. The van der Waals surface area contributed by atoms with Crippen LogP contribution in [0.1, 0.15) is 45.4 Å². The molecule has 0 rings (SSSR count). The SMILES string of the molecule is CCCCCCCC[NH+]([O-])NC(COC)C(N)=O. The number of hydrogen-bond acceptors (Lipinski definition) is 4. The summed E-state index contributed by atoms with van der Waals surface area (Å²) in [6.07, 6.45) is 6.78. The lowest BCUT2D eigenvalue weighted by Crippen LogP contribution is -3.15. The zero-order valence-corrected chi connectivity index (χ0v) is 11.5. The van der Waals surface area contributed by atoms with Gasteiger partial charge in [0.1, 0.15) is 0 Å². The second-order valence-corrected chi connectivity index (χ2v) is 4.50. The van der Waals surface area contributed by atoms with Crippen LogP contribution < -0.4 is 16.3 Å². The highest BCUT2D eigenvalue weighted by Gasteiger charge is 2.17. The van der Waals surface area contributed by atoms with Crippen molar-refractivity contribution in [3.8, 4) is 0 Å². The maximum Gasteiger partial charge on any atom is 0.242 e. The Hall–Kier alpha value is -0.690. The first-order chi connectivity index (χ1) is 8.61. The summed E-state index contributed by atoms with van der Waals surface area (Å²) in [5.41, 5.74) is 7.73. The molecule has 0 saturated carbocycles. The third-order valence-electron chi connectivity index (χ3n) is 2.77. The van der Waals surface area contributed by atoms with E-state index < -0.39 is 11.9 Å². The van der Waals surface area contributed by atoms with E-state index in [-0.39, 0.29) is 11.8 Å². The van der Waals surface area contributed by atoms with Crippen LogP contribution in [0.4, 0.5) is 0 Å². The first-order valence-corrected chi connectivity index (χ1v) is 6.69. The van der Waals surface area contributed by atoms with Crippen LogP contribution in [0.2, 0.25) is 0 Å². The van der Waals surface area contributed by atoms with Crippen molar-refractivity contribution in [3.63, 3.8) is 0 Å². The molecule has 0 aromatic heterocycles. The van der Waals surface area contributed by atoms with Crippen LogP contribution in [0.15, 0.2) is 0 Å². The monoisotopic (exact) mass is 261 g/mol. The number of carbonyl (C=O) groups excluding carboxylic acids is 1. The molecule has 6 nitrogen and oxygen atoms in total. The number of ether oxygens (including phenoxy) is 1. The number of quaternary nitrogens is 1. The Morgan fingerprint density at radius 2 is 1.94 bits per heavy atom. The highest BCUT2D eigenvalue weighted by Crippen LogP contribution is 2.03. The number of primary amides is 1. The lowest BCUT2D eigenvalue weighted by Gasteiger charge is -2.26. The van der Waals surface area contributed by atoms with Crippen LogP contribution in [0, 0.1) is 5.21 Å². The van der Waals surface area contributed by atoms with Gasteiger partial charge in [0.15, 0.2) is 6.04 Å². The van der Waals surface area contributed by atoms with Gasteiger partial charge in [-0.05, 0) is 12.8 Å². The van der Waals surface area contributed by atoms with Gasteiger partial charge in [-0.15, -0.1) is 0 Å². The van der Waals surface area contributed by atoms with Crippen molar-refractivity contribution >= 4 is 5.91 Å². The molecule has 0 heterocycles. The van der Waals surface area contributed by atoms with Crippen molar-refractivity contribution in [2.75, 3.05) is 20.3 Å². The molecule has 108 valence electrons. The summed E-state index contributed by atoms with van der Waals surface area (Å²) in [5.74, 6) is -0.562. The lowest BCUT2D eigenvalue weighted by atomic mass is 10.1. The zero-order chi connectivity index (χ0) is 13.8. The van der Waals surface area contributed by atoms with Crippen molar-refractivity contribution < 1.29 is 14.7 Å². The van der Waals surface area contributed by atoms with Gasteiger partial charge >= 0.3 is 0 Å². The molecule has 0 aromatic carbocycles. The standard InChI is InChI=1S/C12H27N3O3/c1-3-4-5-6-7-8-9-15(17)14-11(10-18-2)12(13)16/h11,14-15H,3-10H2,1-2H3,(H2,13,16). The molecule has 0 bridgehead atoms. The topological polar surface area (TPSA) is 91.8 Å². The third kappa shape index (κ3) is 9.35. The molecule has 6 heteroatoms. The van der Waals surface area contributed by atoms with Gasteiger partial charge in [0.2, 0.25) is 5.91 Å². The van der Waals surface area contributed by atoms with Crippen molar-refractivity contribution in [1.82, 2.24) is 5.43 Å². The fourth-order valence-electron chi connectivity index (χ4n) is 1.69. The summed E-state index contributed by atoms with van der Waals surface area (Å²) < 4.78 is 4.82. The van der Waals surface area contributed by atoms with E-state index in [0.29, 0.717) is 6.54 Å². The summed E-state index contributed by atoms with van der Waals surface area (Å²) in [6.45, 7) is 2.74. The molecule has 0 aliphatic rings. The molecule has 2 atom stereocenters. The van der Waals surface area contributed by atoms with Gasteiger partial charge in [0.25, 0.3) is 0 Å². The van der Waals surface area contributed by atoms with Crippen LogP contribution in [0.25, 0.3) is 0 Å². The summed E-state index contributed by atoms with van der Waals surface area (Å²) in [5, 5.41) is 11.4. The maximum atomic E-state index is 11.5. The number of unbranched alkanes of at least 4 members (excludes halogenated alkanes) is 5. The van der Waals surface area contributed by atoms with Crippen LogP contribution in [-0.2, 0) is 9.53 Å². The van der Waals surface area contributed by atoms with Gasteiger partial charge in [-0.25, -0.2) is 0 Å². The summed E-state index contributed by atoms with van der Waals surface area (Å²) >= 11 is 0. The summed E-state index contributed by atoms with van der Waals surface area (Å²) in [4.78, 5) is 11.0. The van der Waals surface area contributed by atoms with E-state index >= 15 is 0 Å². The van der Waals surface area contributed by atoms with Crippen molar-refractivity contribution in [2.24, 2.45) is 5.73 Å². The average Bonchev–Trinajstić information content (AvgIpc) is 2.33. The Morgan fingerprint density at radius 1 is 1.33 bits per heavy atom. The van der Waals surface area contributed by atoms with Gasteiger partial charge in [0, 0.05) is 7.11 Å². The fourth-order valence-corrected chi connectivity index (χ4v) is 1.69. The molecular weight excluding hydrogens is 234 g/mol. The number of nitrogens with two attached hydrogens (primary N) is 1. The van der Waals surface area contributed by atoms with E-state index in [4.69, 9.17) is 10.5 Å². The second kappa shape index (κ2) is 11.4. The number of hydroxylamine groups is 1. The minimum absolute atomic E-state index is 0.123. The molecular formula is C12H27N3O3. The van der Waals surface area contributed by atoms with Gasteiger partial charge < -0.3 is 15.7 Å². The highest BCUT2D eigenvalue weighted by atomic mass is 16.5. The molecule has 4 N–H and O–H groups in total. The van der Waals surface area contributed by atoms with Gasteiger partial charge in [0.05, 0.1) is 13.2 Å². The predicted octanol–water partition coefficient (Wildman–Crippen LogP) is -0.265. The normalized spacial score (nSPS) is 14.4. The first-order valence-electron chi connectivity index (χ1n) is 6.69. The smallest absolute Gasteiger partial charge is 0.242 e. The predicted molar refractivity (Wildman–Crippen MR) is 70.6 cm³/mol. The van der Waals surface area contributed by atoms with Crippen LogP contribution in [-0.4, -0.2) is 32.2 Å². The Kier molecular flexibility index (Phi) is 11.0. The molecule has 2 unspecified atom stereocenters. The number of hydrogen-bond donors (Lipinski definition) is 3. The second-order valence-electron chi connectivity index (χ2n) is 4.50. The molecule has 0 radical (unpaired) electrons. The van der Waals surface area contributed by atoms with E-state index in [1.165, 1.54) is 32.8 Å². The van der Waals surface area contributed by atoms with E-state index in [1.807, 2.05) is 0 Å². The minimum Gasteiger partial charge on any atom is -0.613 e. The maximum absolute atomic E-state index is 11.5. The Labute approximate surface area is 109 Å². The third-order valence-corrected chi connectivity index (χ3v) is 2.77. The molecule has 0 aliphatic heterocycles. The van der Waals surface area contributed by atoms with Crippen LogP contribution in [0.3, 0.4) is 0 Å². The number of carbonyl (C=O) groups is 1. The van der Waals surface area contributed by atoms with E-state index in [1.54, 1.807) is 0 Å². The van der Waals surface area contributed by atoms with Crippen LogP contribution in [0.5, 0.6) is 0 Å². The van der Waals surface area contributed by atoms with E-state index in [0.717, 1.165) is 12.8 Å². The van der Waals surface area contributed by atoms with Crippen molar-refractivity contribution in [3.05, 3.63) is 5.21 Å². The lowest BCUT2D eigenvalue weighted by molar-refractivity contribution is -0.898. The molecule has 0 aromatic rings. The van der Waals surface area contributed by atoms with Gasteiger partial charge in [-0.1, -0.05) is 32.6 Å². The molecule has 0 saturated heterocycles. The summed E-state index contributed by atoms with van der Waals surface area (Å²) in [6, 6.07) is -0.720. The zero-order valence-electron chi connectivity index (χ0n) is 11.5. The molecule has 1 amide bonds. The van der Waals surface area contributed by atoms with Crippen LogP contribution >= 0.6 is 0 Å². The molecule has 0 spiro atoms. The number of amides is 1. The number of methoxy groups -OCH3 is 1. The number of nitrogens with one attached hydrogen (secondary N) is 2. The Morgan fingerprint density at radius 3 is 2.50 bits per heavy atom. The highest BCUT2D eigenvalue weighted by molar-refractivity contribution is 5.79. The molecule has 18 heavy (non-hydrogen) atoms. The Balaban J connectivity index is 3.61. The fraction of sp³-hybridized carbons (Fsp3) is 0.917. The van der Waals surface area contributed by atoms with E-state index in [2.05, 4.69) is 12.3 Å². The number of rotatable bonds is 12.